The Bertz CT molecular complexity index is 614. The number of nitrogens with two attached hydrogens (primary N) is 1. The molecule has 0 atom stereocenters. The number of aromatic nitrogens is 1. The van der Waals surface area contributed by atoms with Gasteiger partial charge in [-0.3, -0.25) is 4.79 Å². The van der Waals surface area contributed by atoms with Crippen LogP contribution in [0.15, 0.2) is 36.5 Å². The minimum Gasteiger partial charge on any atom is -0.478 e. The molecule has 1 heterocycles. The van der Waals surface area contributed by atoms with Gasteiger partial charge in [0.1, 0.15) is 5.82 Å². The highest BCUT2D eigenvalue weighted by atomic mass is 19.1. The number of nitrogens with zero attached hydrogens (tertiary/aromatic N) is 1. The fraction of sp³-hybridized carbons (Fsp3) is 0.143. The third-order valence-electron chi connectivity index (χ3n) is 2.54. The van der Waals surface area contributed by atoms with Gasteiger partial charge in [-0.25, -0.2) is 9.37 Å². The quantitative estimate of drug-likeness (QED) is 0.840. The molecule has 0 saturated carbocycles. The molecule has 0 spiro atoms. The molecule has 0 radical (unpaired) electrons. The lowest BCUT2D eigenvalue weighted by molar-refractivity contribution is 0.102. The first-order valence-corrected chi connectivity index (χ1v) is 6.05. The van der Waals surface area contributed by atoms with Crippen LogP contribution in [0.1, 0.15) is 17.3 Å². The zero-order valence-corrected chi connectivity index (χ0v) is 10.9. The molecule has 20 heavy (non-hydrogen) atoms. The van der Waals surface area contributed by atoms with Crippen molar-refractivity contribution in [3.8, 4) is 5.88 Å². The molecule has 1 aromatic carbocycles. The van der Waals surface area contributed by atoms with Gasteiger partial charge in [-0.15, -0.1) is 0 Å². The Morgan fingerprint density at radius 1 is 1.40 bits per heavy atom. The molecule has 0 aliphatic heterocycles. The minimum absolute atomic E-state index is 0.0846. The van der Waals surface area contributed by atoms with E-state index < -0.39 is 11.7 Å². The standard InChI is InChI=1S/C14H14FN3O2/c1-2-20-13-6-4-10(8-17-13)18-14(19)11-5-3-9(15)7-12(11)16/h3-8H,2,16H2,1H3,(H,18,19). The average molecular weight is 275 g/mol. The number of pyridine rings is 1. The third-order valence-corrected chi connectivity index (χ3v) is 2.54. The van der Waals surface area contributed by atoms with Gasteiger partial charge in [0.15, 0.2) is 0 Å². The van der Waals surface area contributed by atoms with Gasteiger partial charge in [0.2, 0.25) is 5.88 Å². The summed E-state index contributed by atoms with van der Waals surface area (Å²) in [4.78, 5) is 16.0. The van der Waals surface area contributed by atoms with Crippen LogP contribution in [0.5, 0.6) is 5.88 Å². The number of halogens is 1. The summed E-state index contributed by atoms with van der Waals surface area (Å²) >= 11 is 0. The van der Waals surface area contributed by atoms with Gasteiger partial charge in [-0.1, -0.05) is 0 Å². The summed E-state index contributed by atoms with van der Waals surface area (Å²) in [5.74, 6) is -0.429. The molecule has 0 saturated heterocycles. The van der Waals surface area contributed by atoms with Gasteiger partial charge in [0.05, 0.1) is 24.1 Å². The lowest BCUT2D eigenvalue weighted by Crippen LogP contribution is -2.14. The van der Waals surface area contributed by atoms with Crippen molar-refractivity contribution in [2.45, 2.75) is 6.92 Å². The number of carbonyl (C=O) groups is 1. The maximum Gasteiger partial charge on any atom is 0.257 e. The van der Waals surface area contributed by atoms with E-state index in [1.807, 2.05) is 6.92 Å². The summed E-state index contributed by atoms with van der Waals surface area (Å²) in [6.45, 7) is 2.37. The second kappa shape index (κ2) is 6.01. The largest absolute Gasteiger partial charge is 0.478 e. The molecule has 104 valence electrons. The first kappa shape index (κ1) is 13.8. The Hall–Kier alpha value is -2.63. The Balaban J connectivity index is 2.11. The Morgan fingerprint density at radius 3 is 2.80 bits per heavy atom. The SMILES string of the molecule is CCOc1ccc(NC(=O)c2ccc(F)cc2N)cn1. The first-order valence-electron chi connectivity index (χ1n) is 6.05. The topological polar surface area (TPSA) is 77.2 Å². The van der Waals surface area contributed by atoms with E-state index in [-0.39, 0.29) is 11.3 Å². The van der Waals surface area contributed by atoms with E-state index >= 15 is 0 Å². The monoisotopic (exact) mass is 275 g/mol. The van der Waals surface area contributed by atoms with Crippen LogP contribution >= 0.6 is 0 Å². The molecule has 5 nitrogen and oxygen atoms in total. The molecule has 0 aliphatic carbocycles. The van der Waals surface area contributed by atoms with Crippen molar-refractivity contribution in [1.82, 2.24) is 4.98 Å². The molecule has 1 amide bonds. The summed E-state index contributed by atoms with van der Waals surface area (Å²) < 4.78 is 18.1. The molecular formula is C14H14FN3O2. The summed E-state index contributed by atoms with van der Waals surface area (Å²) in [7, 11) is 0. The predicted octanol–water partition coefficient (Wildman–Crippen LogP) is 2.45. The highest BCUT2D eigenvalue weighted by Gasteiger charge is 2.10. The lowest BCUT2D eigenvalue weighted by atomic mass is 10.1. The van der Waals surface area contributed by atoms with Crippen LogP contribution in [0.4, 0.5) is 15.8 Å². The van der Waals surface area contributed by atoms with Crippen LogP contribution in [0, 0.1) is 5.82 Å². The van der Waals surface area contributed by atoms with E-state index in [9.17, 15) is 9.18 Å². The highest BCUT2D eigenvalue weighted by molar-refractivity contribution is 6.07. The fourth-order valence-corrected chi connectivity index (χ4v) is 1.63. The number of rotatable bonds is 4. The number of ether oxygens (including phenoxy) is 1. The minimum atomic E-state index is -0.484. The molecule has 0 bridgehead atoms. The number of carbonyl (C=O) groups excluding carboxylic acids is 1. The van der Waals surface area contributed by atoms with Gasteiger partial charge in [-0.05, 0) is 31.2 Å². The van der Waals surface area contributed by atoms with Crippen molar-refractivity contribution in [3.05, 3.63) is 47.9 Å². The normalized spacial score (nSPS) is 10.1. The van der Waals surface area contributed by atoms with E-state index in [4.69, 9.17) is 10.5 Å². The van der Waals surface area contributed by atoms with Gasteiger partial charge >= 0.3 is 0 Å². The summed E-state index contributed by atoms with van der Waals surface area (Å²) in [6, 6.07) is 6.93. The van der Waals surface area contributed by atoms with Gasteiger partial charge < -0.3 is 15.8 Å². The van der Waals surface area contributed by atoms with Crippen molar-refractivity contribution >= 4 is 17.3 Å². The number of nitrogens with one attached hydrogen (secondary N) is 1. The smallest absolute Gasteiger partial charge is 0.257 e. The zero-order valence-electron chi connectivity index (χ0n) is 10.9. The van der Waals surface area contributed by atoms with E-state index in [1.165, 1.54) is 18.3 Å². The number of amides is 1. The molecule has 2 aromatic rings. The second-order valence-corrected chi connectivity index (χ2v) is 4.00. The molecule has 3 N–H and O–H groups in total. The molecule has 0 unspecified atom stereocenters. The van der Waals surface area contributed by atoms with Gasteiger partial charge in [-0.2, -0.15) is 0 Å². The molecule has 6 heteroatoms. The van der Waals surface area contributed by atoms with Gasteiger partial charge in [0.25, 0.3) is 5.91 Å². The highest BCUT2D eigenvalue weighted by Crippen LogP contribution is 2.17. The van der Waals surface area contributed by atoms with Crippen molar-refractivity contribution in [1.29, 1.82) is 0 Å². The van der Waals surface area contributed by atoms with Crippen LogP contribution in [-0.2, 0) is 0 Å². The molecule has 2 rings (SSSR count). The summed E-state index contributed by atoms with van der Waals surface area (Å²) in [5, 5.41) is 2.63. The molecule has 1 aromatic heterocycles. The average Bonchev–Trinajstić information content (AvgIpc) is 2.41. The number of hydrogen-bond donors (Lipinski definition) is 2. The zero-order chi connectivity index (χ0) is 14.5. The van der Waals surface area contributed by atoms with Crippen molar-refractivity contribution in [2.75, 3.05) is 17.7 Å². The lowest BCUT2D eigenvalue weighted by Gasteiger charge is -2.08. The van der Waals surface area contributed by atoms with E-state index in [1.54, 1.807) is 12.1 Å². The molecule has 0 aliphatic rings. The van der Waals surface area contributed by atoms with Gasteiger partial charge in [0, 0.05) is 11.8 Å². The van der Waals surface area contributed by atoms with E-state index in [0.29, 0.717) is 18.2 Å². The van der Waals surface area contributed by atoms with Crippen LogP contribution in [0.25, 0.3) is 0 Å². The molecule has 0 fully saturated rings. The van der Waals surface area contributed by atoms with Crippen LogP contribution in [0.3, 0.4) is 0 Å². The number of nitrogen functional groups attached to an aromatic ring is 1. The van der Waals surface area contributed by atoms with Crippen molar-refractivity contribution in [3.63, 3.8) is 0 Å². The fourth-order valence-electron chi connectivity index (χ4n) is 1.63. The summed E-state index contributed by atoms with van der Waals surface area (Å²) in [5.41, 5.74) is 6.40. The summed E-state index contributed by atoms with van der Waals surface area (Å²) in [6.07, 6.45) is 1.47. The second-order valence-electron chi connectivity index (χ2n) is 4.00. The Morgan fingerprint density at radius 2 is 2.20 bits per heavy atom. The Labute approximate surface area is 115 Å². The maximum atomic E-state index is 12.9. The van der Waals surface area contributed by atoms with Crippen molar-refractivity contribution in [2.24, 2.45) is 0 Å². The maximum absolute atomic E-state index is 12.9. The number of benzene rings is 1. The van der Waals surface area contributed by atoms with E-state index in [0.717, 1.165) is 6.07 Å². The predicted molar refractivity (Wildman–Crippen MR) is 74.2 cm³/mol. The van der Waals surface area contributed by atoms with Crippen LogP contribution < -0.4 is 15.8 Å². The number of anilines is 2. The van der Waals surface area contributed by atoms with E-state index in [2.05, 4.69) is 10.3 Å². The first-order chi connectivity index (χ1) is 9.60. The molecular weight excluding hydrogens is 261 g/mol. The van der Waals surface area contributed by atoms with Crippen LogP contribution in [0.2, 0.25) is 0 Å². The van der Waals surface area contributed by atoms with Crippen molar-refractivity contribution < 1.29 is 13.9 Å². The third kappa shape index (κ3) is 3.23. The van der Waals surface area contributed by atoms with Crippen LogP contribution in [-0.4, -0.2) is 17.5 Å². The Kier molecular flexibility index (Phi) is 4.14. The number of hydrogen-bond acceptors (Lipinski definition) is 4.